The fourth-order valence-electron chi connectivity index (χ4n) is 2.45. The van der Waals surface area contributed by atoms with E-state index in [1.807, 2.05) is 0 Å². The fraction of sp³-hybridized carbons (Fsp3) is 0.929. The van der Waals surface area contributed by atoms with Gasteiger partial charge in [-0.15, -0.1) is 0 Å². The Hall–Kier alpha value is -0.370. The molecule has 2 nitrogen and oxygen atoms in total. The van der Waals surface area contributed by atoms with Crippen molar-refractivity contribution in [3.8, 4) is 0 Å². The molecular weight excluding hydrogens is 200 g/mol. The summed E-state index contributed by atoms with van der Waals surface area (Å²) in [7, 11) is 0. The van der Waals surface area contributed by atoms with Crippen molar-refractivity contribution in [2.45, 2.75) is 58.8 Å². The van der Waals surface area contributed by atoms with Crippen LogP contribution in [0.3, 0.4) is 0 Å². The first-order valence-electron chi connectivity index (χ1n) is 6.84. The molecule has 1 aliphatic carbocycles. The molecule has 0 amide bonds. The third-order valence-corrected chi connectivity index (χ3v) is 3.53. The predicted molar refractivity (Wildman–Crippen MR) is 66.5 cm³/mol. The van der Waals surface area contributed by atoms with Crippen LogP contribution < -0.4 is 0 Å². The maximum absolute atomic E-state index is 11.9. The maximum atomic E-state index is 11.9. The molecule has 0 saturated heterocycles. The van der Waals surface area contributed by atoms with Crippen molar-refractivity contribution in [3.05, 3.63) is 0 Å². The van der Waals surface area contributed by atoms with E-state index in [-0.39, 0.29) is 0 Å². The summed E-state index contributed by atoms with van der Waals surface area (Å²) in [6.07, 6.45) is 7.64. The normalized spacial score (nSPS) is 25.6. The Bertz CT molecular complexity index is 201. The standard InChI is InChI=1S/C14H26O2/c1-3-4-9-16-10-8-14(15)13-7-5-6-12(2)11-13/h12-13H,3-11H2,1-2H3. The molecule has 2 unspecified atom stereocenters. The monoisotopic (exact) mass is 226 g/mol. The second-order valence-electron chi connectivity index (χ2n) is 5.15. The highest BCUT2D eigenvalue weighted by Crippen LogP contribution is 2.29. The quantitative estimate of drug-likeness (QED) is 0.620. The molecule has 1 aliphatic rings. The average Bonchev–Trinajstić information content (AvgIpc) is 2.28. The van der Waals surface area contributed by atoms with Crippen molar-refractivity contribution in [1.29, 1.82) is 0 Å². The zero-order valence-electron chi connectivity index (χ0n) is 10.8. The number of unbranched alkanes of at least 4 members (excludes halogenated alkanes) is 1. The number of carbonyl (C=O) groups is 1. The summed E-state index contributed by atoms with van der Waals surface area (Å²) >= 11 is 0. The van der Waals surface area contributed by atoms with Crippen LogP contribution in [0.5, 0.6) is 0 Å². The van der Waals surface area contributed by atoms with E-state index in [0.29, 0.717) is 24.7 Å². The van der Waals surface area contributed by atoms with Gasteiger partial charge in [0.25, 0.3) is 0 Å². The topological polar surface area (TPSA) is 26.3 Å². The maximum Gasteiger partial charge on any atom is 0.138 e. The predicted octanol–water partition coefficient (Wildman–Crippen LogP) is 3.59. The van der Waals surface area contributed by atoms with Crippen LogP contribution in [0.4, 0.5) is 0 Å². The molecule has 0 heterocycles. The first-order chi connectivity index (χ1) is 7.74. The van der Waals surface area contributed by atoms with Crippen LogP contribution in [0.25, 0.3) is 0 Å². The Morgan fingerprint density at radius 1 is 1.31 bits per heavy atom. The second-order valence-corrected chi connectivity index (χ2v) is 5.15. The highest BCUT2D eigenvalue weighted by molar-refractivity contribution is 5.81. The smallest absolute Gasteiger partial charge is 0.138 e. The Morgan fingerprint density at radius 2 is 2.12 bits per heavy atom. The van der Waals surface area contributed by atoms with E-state index in [2.05, 4.69) is 13.8 Å². The van der Waals surface area contributed by atoms with Gasteiger partial charge in [0.1, 0.15) is 5.78 Å². The molecule has 1 saturated carbocycles. The zero-order valence-corrected chi connectivity index (χ0v) is 10.8. The minimum absolute atomic E-state index is 0.332. The zero-order chi connectivity index (χ0) is 11.8. The van der Waals surface area contributed by atoms with Crippen LogP contribution in [0, 0.1) is 11.8 Å². The summed E-state index contributed by atoms with van der Waals surface area (Å²) in [6.45, 7) is 5.85. The Kier molecular flexibility index (Phi) is 6.70. The van der Waals surface area contributed by atoms with Crippen molar-refractivity contribution in [2.75, 3.05) is 13.2 Å². The van der Waals surface area contributed by atoms with E-state index >= 15 is 0 Å². The largest absolute Gasteiger partial charge is 0.381 e. The van der Waals surface area contributed by atoms with Crippen molar-refractivity contribution in [2.24, 2.45) is 11.8 Å². The van der Waals surface area contributed by atoms with Gasteiger partial charge in [0, 0.05) is 18.9 Å². The van der Waals surface area contributed by atoms with E-state index in [1.54, 1.807) is 0 Å². The highest BCUT2D eigenvalue weighted by Gasteiger charge is 2.24. The Morgan fingerprint density at radius 3 is 2.81 bits per heavy atom. The molecule has 2 heteroatoms. The molecule has 1 rings (SSSR count). The van der Waals surface area contributed by atoms with Crippen LogP contribution in [-0.4, -0.2) is 19.0 Å². The van der Waals surface area contributed by atoms with Gasteiger partial charge in [-0.25, -0.2) is 0 Å². The van der Waals surface area contributed by atoms with E-state index in [9.17, 15) is 4.79 Å². The minimum atomic E-state index is 0.332. The molecule has 0 N–H and O–H groups in total. The first-order valence-corrected chi connectivity index (χ1v) is 6.84. The van der Waals surface area contributed by atoms with E-state index in [4.69, 9.17) is 4.74 Å². The van der Waals surface area contributed by atoms with Gasteiger partial charge in [-0.2, -0.15) is 0 Å². The lowest BCUT2D eigenvalue weighted by Gasteiger charge is -2.25. The van der Waals surface area contributed by atoms with Crippen LogP contribution in [0.15, 0.2) is 0 Å². The van der Waals surface area contributed by atoms with Crippen LogP contribution in [0.2, 0.25) is 0 Å². The highest BCUT2D eigenvalue weighted by atomic mass is 16.5. The van der Waals surface area contributed by atoms with Crippen molar-refractivity contribution in [3.63, 3.8) is 0 Å². The third-order valence-electron chi connectivity index (χ3n) is 3.53. The summed E-state index contributed by atoms with van der Waals surface area (Å²) < 4.78 is 5.44. The van der Waals surface area contributed by atoms with Crippen LogP contribution >= 0.6 is 0 Å². The molecule has 0 aromatic rings. The number of carbonyl (C=O) groups excluding carboxylic acids is 1. The summed E-state index contributed by atoms with van der Waals surface area (Å²) in [5.74, 6) is 1.50. The van der Waals surface area contributed by atoms with E-state index < -0.39 is 0 Å². The molecule has 16 heavy (non-hydrogen) atoms. The summed E-state index contributed by atoms with van der Waals surface area (Å²) in [4.78, 5) is 11.9. The number of hydrogen-bond donors (Lipinski definition) is 0. The molecule has 94 valence electrons. The van der Waals surface area contributed by atoms with Crippen molar-refractivity contribution < 1.29 is 9.53 Å². The molecule has 0 aromatic carbocycles. The van der Waals surface area contributed by atoms with Gasteiger partial charge in [-0.05, 0) is 25.2 Å². The lowest BCUT2D eigenvalue weighted by molar-refractivity contribution is -0.125. The first kappa shape index (κ1) is 13.7. The third kappa shape index (κ3) is 5.11. The molecule has 0 bridgehead atoms. The Balaban J connectivity index is 2.09. The summed E-state index contributed by atoms with van der Waals surface area (Å²) in [6, 6.07) is 0. The van der Waals surface area contributed by atoms with Crippen LogP contribution in [-0.2, 0) is 9.53 Å². The lowest BCUT2D eigenvalue weighted by Crippen LogP contribution is -2.22. The van der Waals surface area contributed by atoms with Gasteiger partial charge in [0.15, 0.2) is 0 Å². The van der Waals surface area contributed by atoms with Gasteiger partial charge >= 0.3 is 0 Å². The number of Topliss-reactive ketones (excluding diaryl/α,β-unsaturated/α-hetero) is 1. The number of rotatable bonds is 7. The second kappa shape index (κ2) is 7.83. The number of ketones is 1. The van der Waals surface area contributed by atoms with Crippen molar-refractivity contribution in [1.82, 2.24) is 0 Å². The minimum Gasteiger partial charge on any atom is -0.381 e. The van der Waals surface area contributed by atoms with Gasteiger partial charge in [-0.1, -0.05) is 33.1 Å². The molecule has 0 aliphatic heterocycles. The summed E-state index contributed by atoms with van der Waals surface area (Å²) in [5.41, 5.74) is 0. The molecular formula is C14H26O2. The van der Waals surface area contributed by atoms with Gasteiger partial charge in [0.2, 0.25) is 0 Å². The SMILES string of the molecule is CCCCOCCC(=O)C1CCCC(C)C1. The van der Waals surface area contributed by atoms with Crippen molar-refractivity contribution >= 4 is 5.78 Å². The van der Waals surface area contributed by atoms with Crippen LogP contribution in [0.1, 0.15) is 58.8 Å². The number of ether oxygens (including phenoxy) is 1. The molecule has 0 spiro atoms. The average molecular weight is 226 g/mol. The van der Waals surface area contributed by atoms with E-state index in [1.165, 1.54) is 12.8 Å². The van der Waals surface area contributed by atoms with Gasteiger partial charge in [-0.3, -0.25) is 4.79 Å². The summed E-state index contributed by atoms with van der Waals surface area (Å²) in [5, 5.41) is 0. The van der Waals surface area contributed by atoms with E-state index in [0.717, 1.165) is 38.2 Å². The van der Waals surface area contributed by atoms with Gasteiger partial charge in [0.05, 0.1) is 6.61 Å². The number of hydrogen-bond acceptors (Lipinski definition) is 2. The van der Waals surface area contributed by atoms with Gasteiger partial charge < -0.3 is 4.74 Å². The molecule has 0 aromatic heterocycles. The molecule has 2 atom stereocenters. The Labute approximate surface area is 99.8 Å². The lowest BCUT2D eigenvalue weighted by atomic mass is 9.80. The fourth-order valence-corrected chi connectivity index (χ4v) is 2.45. The molecule has 0 radical (unpaired) electrons. The molecule has 1 fully saturated rings.